The molecule has 1 unspecified atom stereocenters. The lowest BCUT2D eigenvalue weighted by molar-refractivity contribution is 0.194. The predicted molar refractivity (Wildman–Crippen MR) is 78.3 cm³/mol. The Morgan fingerprint density at radius 3 is 2.72 bits per heavy atom. The van der Waals surface area contributed by atoms with Gasteiger partial charge in [0.1, 0.15) is 5.75 Å². The molecule has 0 aliphatic rings. The molecular weight excluding hydrogens is 244 g/mol. The first-order valence-corrected chi connectivity index (χ1v) is 7.10. The van der Waals surface area contributed by atoms with Crippen LogP contribution in [-0.2, 0) is 0 Å². The number of fused-ring (bicyclic) bond motifs is 1. The van der Waals surface area contributed by atoms with E-state index in [1.54, 1.807) is 11.3 Å². The molecule has 3 nitrogen and oxygen atoms in total. The Morgan fingerprint density at radius 1 is 1.33 bits per heavy atom. The van der Waals surface area contributed by atoms with Crippen LogP contribution in [0.3, 0.4) is 0 Å². The maximum absolute atomic E-state index is 6.03. The topological polar surface area (TPSA) is 48.1 Å². The van der Waals surface area contributed by atoms with E-state index in [0.717, 1.165) is 27.4 Å². The van der Waals surface area contributed by atoms with Crippen LogP contribution < -0.4 is 10.5 Å². The largest absolute Gasteiger partial charge is 0.488 e. The van der Waals surface area contributed by atoms with E-state index in [2.05, 4.69) is 25.8 Å². The minimum Gasteiger partial charge on any atom is -0.488 e. The van der Waals surface area contributed by atoms with E-state index in [4.69, 9.17) is 10.5 Å². The van der Waals surface area contributed by atoms with Crippen molar-refractivity contribution < 1.29 is 4.74 Å². The van der Waals surface area contributed by atoms with Crippen molar-refractivity contribution in [2.75, 3.05) is 5.73 Å². The molecule has 0 bridgehead atoms. The van der Waals surface area contributed by atoms with Gasteiger partial charge in [0.25, 0.3) is 0 Å². The first kappa shape index (κ1) is 13.1. The molecule has 1 heterocycles. The third-order valence-electron chi connectivity index (χ3n) is 2.76. The lowest BCUT2D eigenvalue weighted by Gasteiger charge is -2.17. The SMILES string of the molecule is Cc1nc2cc(OC(C)CC(C)C)c(N)cc2s1. The van der Waals surface area contributed by atoms with Crippen molar-refractivity contribution in [3.05, 3.63) is 17.1 Å². The molecule has 0 spiro atoms. The van der Waals surface area contributed by atoms with Crippen LogP contribution in [0.25, 0.3) is 10.2 Å². The Balaban J connectivity index is 2.24. The van der Waals surface area contributed by atoms with Gasteiger partial charge in [0.15, 0.2) is 0 Å². The zero-order chi connectivity index (χ0) is 13.3. The molecule has 18 heavy (non-hydrogen) atoms. The molecule has 0 radical (unpaired) electrons. The van der Waals surface area contributed by atoms with Gasteiger partial charge in [-0.05, 0) is 32.3 Å². The smallest absolute Gasteiger partial charge is 0.144 e. The second kappa shape index (κ2) is 5.14. The van der Waals surface area contributed by atoms with Crippen molar-refractivity contribution in [3.8, 4) is 5.75 Å². The molecule has 0 aliphatic carbocycles. The van der Waals surface area contributed by atoms with Crippen molar-refractivity contribution in [2.45, 2.75) is 40.2 Å². The molecule has 0 saturated carbocycles. The van der Waals surface area contributed by atoms with E-state index in [-0.39, 0.29) is 6.10 Å². The Bertz CT molecular complexity index is 548. The summed E-state index contributed by atoms with van der Waals surface area (Å²) in [5.41, 5.74) is 7.70. The normalized spacial score (nSPS) is 13.2. The highest BCUT2D eigenvalue weighted by Gasteiger charge is 2.11. The predicted octanol–water partition coefficient (Wildman–Crippen LogP) is 4.00. The lowest BCUT2D eigenvalue weighted by atomic mass is 10.1. The molecule has 0 saturated heterocycles. The standard InChI is InChI=1S/C14H20N2OS/c1-8(2)5-9(3)17-13-7-12-14(6-11(13)15)18-10(4)16-12/h6-9H,5,15H2,1-4H3. The van der Waals surface area contributed by atoms with E-state index in [0.29, 0.717) is 11.6 Å². The quantitative estimate of drug-likeness (QED) is 0.849. The molecule has 1 atom stereocenters. The number of nitrogens with zero attached hydrogens (tertiary/aromatic N) is 1. The van der Waals surface area contributed by atoms with E-state index >= 15 is 0 Å². The number of nitrogen functional groups attached to an aromatic ring is 1. The summed E-state index contributed by atoms with van der Waals surface area (Å²) in [5, 5.41) is 1.05. The highest BCUT2D eigenvalue weighted by atomic mass is 32.1. The highest BCUT2D eigenvalue weighted by molar-refractivity contribution is 7.18. The van der Waals surface area contributed by atoms with Gasteiger partial charge in [-0.25, -0.2) is 4.98 Å². The van der Waals surface area contributed by atoms with Crippen LogP contribution in [0.5, 0.6) is 5.75 Å². The van der Waals surface area contributed by atoms with Crippen LogP contribution in [0.4, 0.5) is 5.69 Å². The average Bonchev–Trinajstić information content (AvgIpc) is 2.56. The van der Waals surface area contributed by atoms with E-state index in [9.17, 15) is 0 Å². The van der Waals surface area contributed by atoms with Gasteiger partial charge in [0.2, 0.25) is 0 Å². The van der Waals surface area contributed by atoms with Crippen LogP contribution >= 0.6 is 11.3 Å². The Morgan fingerprint density at radius 2 is 2.06 bits per heavy atom. The number of aromatic nitrogens is 1. The molecule has 0 amide bonds. The summed E-state index contributed by atoms with van der Waals surface area (Å²) in [7, 11) is 0. The Hall–Kier alpha value is -1.29. The van der Waals surface area contributed by atoms with Crippen LogP contribution in [-0.4, -0.2) is 11.1 Å². The molecular formula is C14H20N2OS. The first-order valence-electron chi connectivity index (χ1n) is 6.29. The summed E-state index contributed by atoms with van der Waals surface area (Å²) in [6.07, 6.45) is 1.19. The van der Waals surface area contributed by atoms with Gasteiger partial charge >= 0.3 is 0 Å². The van der Waals surface area contributed by atoms with Crippen LogP contribution in [0.15, 0.2) is 12.1 Å². The van der Waals surface area contributed by atoms with Crippen molar-refractivity contribution >= 4 is 27.2 Å². The summed E-state index contributed by atoms with van der Waals surface area (Å²) in [6.45, 7) is 8.46. The van der Waals surface area contributed by atoms with Gasteiger partial charge in [-0.15, -0.1) is 11.3 Å². The van der Waals surface area contributed by atoms with E-state index in [1.807, 2.05) is 19.1 Å². The molecule has 2 rings (SSSR count). The molecule has 1 aromatic carbocycles. The molecule has 98 valence electrons. The molecule has 0 fully saturated rings. The number of hydrogen-bond donors (Lipinski definition) is 1. The lowest BCUT2D eigenvalue weighted by Crippen LogP contribution is -2.15. The van der Waals surface area contributed by atoms with Gasteiger partial charge in [0.05, 0.1) is 27.0 Å². The average molecular weight is 264 g/mol. The van der Waals surface area contributed by atoms with Crippen LogP contribution in [0.2, 0.25) is 0 Å². The van der Waals surface area contributed by atoms with Gasteiger partial charge in [-0.3, -0.25) is 0 Å². The molecule has 1 aromatic heterocycles. The van der Waals surface area contributed by atoms with Crippen LogP contribution in [0, 0.1) is 12.8 Å². The number of hydrogen-bond acceptors (Lipinski definition) is 4. The van der Waals surface area contributed by atoms with Gasteiger partial charge in [0, 0.05) is 6.07 Å². The number of anilines is 1. The third kappa shape index (κ3) is 2.93. The monoisotopic (exact) mass is 264 g/mol. The minimum absolute atomic E-state index is 0.171. The van der Waals surface area contributed by atoms with Crippen molar-refractivity contribution in [1.82, 2.24) is 4.98 Å². The van der Waals surface area contributed by atoms with Gasteiger partial charge in [-0.2, -0.15) is 0 Å². The number of aryl methyl sites for hydroxylation is 1. The number of thiazole rings is 1. The molecule has 0 aliphatic heterocycles. The number of benzene rings is 1. The summed E-state index contributed by atoms with van der Waals surface area (Å²) in [6, 6.07) is 3.91. The fourth-order valence-corrected chi connectivity index (χ4v) is 2.97. The fourth-order valence-electron chi connectivity index (χ4n) is 2.12. The second-order valence-electron chi connectivity index (χ2n) is 5.15. The van der Waals surface area contributed by atoms with E-state index in [1.165, 1.54) is 0 Å². The number of nitrogens with two attached hydrogens (primary N) is 1. The van der Waals surface area contributed by atoms with Gasteiger partial charge in [-0.1, -0.05) is 13.8 Å². The summed E-state index contributed by atoms with van der Waals surface area (Å²) >= 11 is 1.66. The maximum Gasteiger partial charge on any atom is 0.144 e. The zero-order valence-corrected chi connectivity index (χ0v) is 12.2. The zero-order valence-electron chi connectivity index (χ0n) is 11.4. The Labute approximate surface area is 112 Å². The summed E-state index contributed by atoms with van der Waals surface area (Å²) < 4.78 is 7.03. The second-order valence-corrected chi connectivity index (χ2v) is 6.38. The van der Waals surface area contributed by atoms with Crippen molar-refractivity contribution in [2.24, 2.45) is 5.92 Å². The minimum atomic E-state index is 0.171. The highest BCUT2D eigenvalue weighted by Crippen LogP contribution is 2.32. The summed E-state index contributed by atoms with van der Waals surface area (Å²) in [5.74, 6) is 1.37. The van der Waals surface area contributed by atoms with Crippen LogP contribution in [0.1, 0.15) is 32.2 Å². The van der Waals surface area contributed by atoms with Gasteiger partial charge < -0.3 is 10.5 Å². The molecule has 4 heteroatoms. The maximum atomic E-state index is 6.03. The van der Waals surface area contributed by atoms with E-state index < -0.39 is 0 Å². The third-order valence-corrected chi connectivity index (χ3v) is 3.69. The van der Waals surface area contributed by atoms with Crippen molar-refractivity contribution in [3.63, 3.8) is 0 Å². The molecule has 2 N–H and O–H groups in total. The fraction of sp³-hybridized carbons (Fsp3) is 0.500. The van der Waals surface area contributed by atoms with Crippen molar-refractivity contribution in [1.29, 1.82) is 0 Å². The number of ether oxygens (including phenoxy) is 1. The molecule has 2 aromatic rings. The Kier molecular flexibility index (Phi) is 3.76. The summed E-state index contributed by atoms with van der Waals surface area (Å²) in [4.78, 5) is 4.47. The first-order chi connectivity index (χ1) is 8.45. The number of rotatable bonds is 4.